The van der Waals surface area contributed by atoms with Gasteiger partial charge in [-0.25, -0.2) is 9.59 Å². The van der Waals surface area contributed by atoms with E-state index in [9.17, 15) is 19.8 Å². The van der Waals surface area contributed by atoms with E-state index in [0.29, 0.717) is 33.4 Å². The molecular formula is C44H46N5O8+. The summed E-state index contributed by atoms with van der Waals surface area (Å²) < 4.78 is 10.2. The molecule has 0 unspecified atom stereocenters. The smallest absolute Gasteiger partial charge is 0.508 e. The Labute approximate surface area is 330 Å². The van der Waals surface area contributed by atoms with E-state index >= 15 is 9.59 Å². The topological polar surface area (TPSA) is 204 Å². The number of aromatic hydroxyl groups is 2. The van der Waals surface area contributed by atoms with Crippen molar-refractivity contribution in [2.45, 2.75) is 51.5 Å². The van der Waals surface area contributed by atoms with Crippen molar-refractivity contribution in [3.63, 3.8) is 0 Å². The lowest BCUT2D eigenvalue weighted by Crippen LogP contribution is -2.68. The molecule has 5 aromatic carbocycles. The van der Waals surface area contributed by atoms with Gasteiger partial charge >= 0.3 is 18.1 Å². The van der Waals surface area contributed by atoms with Crippen molar-refractivity contribution in [1.82, 2.24) is 5.32 Å². The third-order valence-corrected chi connectivity index (χ3v) is 9.61. The largest absolute Gasteiger partial charge is 0.525 e. The van der Waals surface area contributed by atoms with Crippen molar-refractivity contribution >= 4 is 30.0 Å². The van der Waals surface area contributed by atoms with E-state index in [2.05, 4.69) is 10.3 Å². The number of aliphatic imine (C=N–C) groups is 1. The third-order valence-electron chi connectivity index (χ3n) is 9.61. The predicted molar refractivity (Wildman–Crippen MR) is 214 cm³/mol. The molecule has 5 rings (SSSR count). The number of phenolic OH excluding ortho intramolecular Hbond substituents is 2. The molecular weight excluding hydrogens is 727 g/mol. The molecule has 4 amide bonds. The third kappa shape index (κ3) is 10.6. The normalized spacial score (nSPS) is 12.9. The van der Waals surface area contributed by atoms with Crippen LogP contribution in [0, 0.1) is 0 Å². The number of nitrogens with two attached hydrogens (primary N) is 2. The summed E-state index contributed by atoms with van der Waals surface area (Å²) in [4.78, 5) is 62.6. The van der Waals surface area contributed by atoms with E-state index in [1.165, 1.54) is 24.3 Å². The molecule has 3 atom stereocenters. The van der Waals surface area contributed by atoms with Crippen LogP contribution in [0.3, 0.4) is 0 Å². The highest BCUT2D eigenvalue weighted by Crippen LogP contribution is 2.38. The van der Waals surface area contributed by atoms with Crippen LogP contribution in [-0.2, 0) is 38.7 Å². The number of benzene rings is 5. The number of imide groups is 2. The van der Waals surface area contributed by atoms with Gasteiger partial charge < -0.3 is 31.2 Å². The number of rotatable bonds is 15. The molecule has 0 aromatic heterocycles. The molecule has 0 radical (unpaired) electrons. The van der Waals surface area contributed by atoms with Crippen LogP contribution in [-0.4, -0.2) is 57.2 Å². The lowest BCUT2D eigenvalue weighted by atomic mass is 9.93. The van der Waals surface area contributed by atoms with E-state index < -0.39 is 40.6 Å². The Hall–Kier alpha value is -6.99. The van der Waals surface area contributed by atoms with Crippen molar-refractivity contribution in [1.29, 1.82) is 0 Å². The lowest BCUT2D eigenvalue weighted by Gasteiger charge is -2.42. The number of alkyl carbamates (subject to hydrolysis) is 1. The Morgan fingerprint density at radius 3 is 1.86 bits per heavy atom. The number of hydrogen-bond donors (Lipinski definition) is 5. The summed E-state index contributed by atoms with van der Waals surface area (Å²) in [5.74, 6) is -1.89. The standard InChI is InChI=1S/C44H45N5O8/c1-30(33-18-22-36(50)23-19-33)49(44(55)57-29-32-13-6-3-7-14-32,40(52)27-35-15-8-9-16-38(35)34-20-24-37(51)25-21-34)39(17-10-26-47-42(45)46)41(53)48-43(54)56-28-31-11-4-2-5-12-31/h2-9,11-16,18-25,30,39H,10,17,26-29H2,1H3,(H6-,45,46,47,48,50,51,53,54)/p+1/t30-,39+,49+/m0/s1. The molecule has 294 valence electrons. The Balaban J connectivity index is 1.66. The molecule has 57 heavy (non-hydrogen) atoms. The first-order valence-corrected chi connectivity index (χ1v) is 18.3. The van der Waals surface area contributed by atoms with Gasteiger partial charge in [-0.1, -0.05) is 97.1 Å². The SMILES string of the molecule is C[C@@H](c1ccc(O)cc1)[N@@+](C(=O)Cc1ccccc1-c1ccc(O)cc1)(C(=O)OCc1ccccc1)[C@H](CCCN=C(N)N)C(=O)NC(=O)OCc1ccccc1. The summed E-state index contributed by atoms with van der Waals surface area (Å²) in [5.41, 5.74) is 14.8. The summed E-state index contributed by atoms with van der Waals surface area (Å²) in [7, 11) is 0. The fourth-order valence-electron chi connectivity index (χ4n) is 6.71. The highest BCUT2D eigenvalue weighted by Gasteiger charge is 2.59. The molecule has 0 aliphatic carbocycles. The van der Waals surface area contributed by atoms with Crippen LogP contribution in [0.2, 0.25) is 0 Å². The van der Waals surface area contributed by atoms with Crippen LogP contribution >= 0.6 is 0 Å². The number of phenols is 2. The summed E-state index contributed by atoms with van der Waals surface area (Å²) in [5, 5.41) is 22.5. The Bertz CT molecular complexity index is 2160. The van der Waals surface area contributed by atoms with Crippen LogP contribution in [0.25, 0.3) is 11.1 Å². The molecule has 0 spiro atoms. The Morgan fingerprint density at radius 1 is 0.719 bits per heavy atom. The summed E-state index contributed by atoms with van der Waals surface area (Å²) in [6.07, 6.45) is -2.55. The summed E-state index contributed by atoms with van der Waals surface area (Å²) in [6, 6.07) is 34.5. The summed E-state index contributed by atoms with van der Waals surface area (Å²) in [6.45, 7) is 1.27. The van der Waals surface area contributed by atoms with Gasteiger partial charge in [0.2, 0.25) is 0 Å². The first-order valence-electron chi connectivity index (χ1n) is 18.3. The molecule has 13 heteroatoms. The molecule has 0 heterocycles. The average Bonchev–Trinajstić information content (AvgIpc) is 3.21. The fourth-order valence-corrected chi connectivity index (χ4v) is 6.71. The first-order chi connectivity index (χ1) is 27.5. The zero-order chi connectivity index (χ0) is 40.8. The average molecular weight is 773 g/mol. The molecule has 0 bridgehead atoms. The molecule has 7 N–H and O–H groups in total. The van der Waals surface area contributed by atoms with Gasteiger partial charge in [-0.05, 0) is 77.6 Å². The first kappa shape index (κ1) is 41.2. The Kier molecular flexibility index (Phi) is 14.1. The van der Waals surface area contributed by atoms with Gasteiger partial charge in [-0.2, -0.15) is 4.79 Å². The van der Waals surface area contributed by atoms with Crippen molar-refractivity contribution in [2.24, 2.45) is 16.5 Å². The van der Waals surface area contributed by atoms with E-state index in [1.807, 2.05) is 18.2 Å². The second-order valence-electron chi connectivity index (χ2n) is 13.4. The van der Waals surface area contributed by atoms with Gasteiger partial charge in [0.25, 0.3) is 5.91 Å². The number of ether oxygens (including phenoxy) is 2. The molecule has 5 aromatic rings. The minimum atomic E-state index is -1.59. The minimum Gasteiger partial charge on any atom is -0.508 e. The van der Waals surface area contributed by atoms with Crippen molar-refractivity contribution < 1.29 is 43.3 Å². The lowest BCUT2D eigenvalue weighted by molar-refractivity contribution is -0.830. The molecule has 0 saturated heterocycles. The molecule has 13 nitrogen and oxygen atoms in total. The van der Waals surface area contributed by atoms with Crippen LogP contribution < -0.4 is 16.8 Å². The monoisotopic (exact) mass is 772 g/mol. The second kappa shape index (κ2) is 19.6. The Morgan fingerprint density at radius 2 is 1.26 bits per heavy atom. The van der Waals surface area contributed by atoms with Gasteiger partial charge in [-0.15, -0.1) is 4.48 Å². The molecule has 0 fully saturated rings. The number of guanidine groups is 1. The second-order valence-corrected chi connectivity index (χ2v) is 13.4. The van der Waals surface area contributed by atoms with Gasteiger partial charge in [0.05, 0.1) is 6.42 Å². The fraction of sp³-hybridized carbons (Fsp3) is 0.205. The number of hydrogen-bond acceptors (Lipinski definition) is 9. The van der Waals surface area contributed by atoms with E-state index in [1.54, 1.807) is 97.9 Å². The highest BCUT2D eigenvalue weighted by molar-refractivity contribution is 5.97. The minimum absolute atomic E-state index is 0.0368. The number of nitrogens with one attached hydrogen (secondary N) is 1. The van der Waals surface area contributed by atoms with Crippen LogP contribution in [0.5, 0.6) is 11.5 Å². The maximum atomic E-state index is 15.5. The quantitative estimate of drug-likeness (QED) is 0.0333. The number of amides is 4. The summed E-state index contributed by atoms with van der Waals surface area (Å²) >= 11 is 0. The van der Waals surface area contributed by atoms with Gasteiger partial charge in [0.1, 0.15) is 30.8 Å². The zero-order valence-electron chi connectivity index (χ0n) is 31.5. The van der Waals surface area contributed by atoms with Crippen LogP contribution in [0.15, 0.2) is 138 Å². The van der Waals surface area contributed by atoms with E-state index in [4.69, 9.17) is 20.9 Å². The van der Waals surface area contributed by atoms with E-state index in [-0.39, 0.29) is 56.5 Å². The van der Waals surface area contributed by atoms with Crippen molar-refractivity contribution in [3.05, 3.63) is 156 Å². The van der Waals surface area contributed by atoms with Gasteiger partial charge in [0, 0.05) is 18.5 Å². The van der Waals surface area contributed by atoms with Crippen LogP contribution in [0.4, 0.5) is 9.59 Å². The molecule has 0 aliphatic rings. The number of nitrogens with zero attached hydrogens (tertiary/aromatic N) is 2. The maximum Gasteiger partial charge on any atom is 0.525 e. The molecule has 0 aliphatic heterocycles. The van der Waals surface area contributed by atoms with Crippen LogP contribution in [0.1, 0.15) is 48.1 Å². The highest BCUT2D eigenvalue weighted by atomic mass is 16.6. The number of carbonyl (C=O) groups excluding carboxylic acids is 4. The number of carbonyl (C=O) groups is 4. The molecule has 0 saturated carbocycles. The van der Waals surface area contributed by atoms with Gasteiger partial charge in [-0.3, -0.25) is 15.1 Å². The van der Waals surface area contributed by atoms with E-state index in [0.717, 1.165) is 0 Å². The van der Waals surface area contributed by atoms with Crippen molar-refractivity contribution in [3.8, 4) is 22.6 Å². The number of quaternary nitrogens is 1. The zero-order valence-corrected chi connectivity index (χ0v) is 31.5. The predicted octanol–water partition coefficient (Wildman–Crippen LogP) is 6.62. The maximum absolute atomic E-state index is 15.5. The van der Waals surface area contributed by atoms with Gasteiger partial charge in [0.15, 0.2) is 12.0 Å². The van der Waals surface area contributed by atoms with Crippen molar-refractivity contribution in [2.75, 3.05) is 6.54 Å².